The predicted octanol–water partition coefficient (Wildman–Crippen LogP) is 4.41. The van der Waals surface area contributed by atoms with Crippen LogP contribution in [0.25, 0.3) is 0 Å². The monoisotopic (exact) mass is 303 g/mol. The van der Waals surface area contributed by atoms with Crippen molar-refractivity contribution in [2.75, 3.05) is 20.6 Å². The number of rotatable bonds is 7. The smallest absolute Gasteiger partial charge is 0.123 e. The Hall–Kier alpha value is -1.51. The van der Waals surface area contributed by atoms with Crippen molar-refractivity contribution in [1.82, 2.24) is 4.90 Å². The van der Waals surface area contributed by atoms with Gasteiger partial charge in [0, 0.05) is 5.02 Å². The zero-order valence-corrected chi connectivity index (χ0v) is 13.4. The van der Waals surface area contributed by atoms with Gasteiger partial charge in [0.05, 0.1) is 0 Å². The highest BCUT2D eigenvalue weighted by Crippen LogP contribution is 2.25. The molecule has 0 aliphatic carbocycles. The Morgan fingerprint density at radius 2 is 1.81 bits per heavy atom. The Bertz CT molecular complexity index is 554. The Balaban J connectivity index is 2.00. The molecule has 2 nitrogen and oxygen atoms in total. The van der Waals surface area contributed by atoms with E-state index >= 15 is 0 Å². The second-order valence-electron chi connectivity index (χ2n) is 5.43. The Kier molecular flexibility index (Phi) is 6.09. The van der Waals surface area contributed by atoms with E-state index in [0.717, 1.165) is 30.2 Å². The minimum absolute atomic E-state index is 0.586. The fourth-order valence-electron chi connectivity index (χ4n) is 2.21. The summed E-state index contributed by atoms with van der Waals surface area (Å²) < 4.78 is 5.96. The topological polar surface area (TPSA) is 12.5 Å². The molecule has 0 aliphatic rings. The first kappa shape index (κ1) is 15.9. The number of aryl methyl sites for hydroxylation is 1. The molecule has 0 spiro atoms. The SMILES string of the molecule is CN(C)CCCc1cc(Cl)ccc1OCc1ccccc1. The van der Waals surface area contributed by atoms with Crippen molar-refractivity contribution in [2.24, 2.45) is 0 Å². The standard InChI is InChI=1S/C18H22ClNO/c1-20(2)12-6-9-16-13-17(19)10-11-18(16)21-14-15-7-4-3-5-8-15/h3-5,7-8,10-11,13H,6,9,12,14H2,1-2H3. The maximum Gasteiger partial charge on any atom is 0.123 e. The predicted molar refractivity (Wildman–Crippen MR) is 89.1 cm³/mol. The highest BCUT2D eigenvalue weighted by molar-refractivity contribution is 6.30. The summed E-state index contributed by atoms with van der Waals surface area (Å²) in [6.45, 7) is 1.65. The van der Waals surface area contributed by atoms with Crippen molar-refractivity contribution in [1.29, 1.82) is 0 Å². The third kappa shape index (κ3) is 5.41. The number of benzene rings is 2. The lowest BCUT2D eigenvalue weighted by atomic mass is 10.1. The Morgan fingerprint density at radius 1 is 1.05 bits per heavy atom. The third-order valence-corrected chi connectivity index (χ3v) is 3.55. The van der Waals surface area contributed by atoms with Gasteiger partial charge in [0.25, 0.3) is 0 Å². The van der Waals surface area contributed by atoms with Crippen molar-refractivity contribution < 1.29 is 4.74 Å². The molecule has 2 aromatic rings. The normalized spacial score (nSPS) is 10.9. The van der Waals surface area contributed by atoms with E-state index in [0.29, 0.717) is 6.61 Å². The van der Waals surface area contributed by atoms with Gasteiger partial charge in [-0.15, -0.1) is 0 Å². The van der Waals surface area contributed by atoms with E-state index in [2.05, 4.69) is 31.1 Å². The fourth-order valence-corrected chi connectivity index (χ4v) is 2.40. The molecule has 0 atom stereocenters. The van der Waals surface area contributed by atoms with Gasteiger partial charge in [-0.25, -0.2) is 0 Å². The van der Waals surface area contributed by atoms with E-state index in [1.807, 2.05) is 36.4 Å². The molecule has 0 bridgehead atoms. The third-order valence-electron chi connectivity index (χ3n) is 3.31. The van der Waals surface area contributed by atoms with Crippen LogP contribution >= 0.6 is 11.6 Å². The maximum atomic E-state index is 6.11. The minimum atomic E-state index is 0.586. The lowest BCUT2D eigenvalue weighted by Crippen LogP contribution is -2.13. The molecule has 2 aromatic carbocycles. The summed E-state index contributed by atoms with van der Waals surface area (Å²) in [7, 11) is 4.18. The van der Waals surface area contributed by atoms with E-state index in [1.54, 1.807) is 0 Å². The number of halogens is 1. The Morgan fingerprint density at radius 3 is 2.52 bits per heavy atom. The second kappa shape index (κ2) is 8.06. The highest BCUT2D eigenvalue weighted by Gasteiger charge is 2.06. The average Bonchev–Trinajstić information content (AvgIpc) is 2.47. The van der Waals surface area contributed by atoms with Crippen LogP contribution in [0.1, 0.15) is 17.5 Å². The van der Waals surface area contributed by atoms with E-state index < -0.39 is 0 Å². The van der Waals surface area contributed by atoms with Crippen LogP contribution in [0.3, 0.4) is 0 Å². The van der Waals surface area contributed by atoms with Gasteiger partial charge in [0.1, 0.15) is 12.4 Å². The molecule has 2 rings (SSSR count). The number of hydrogen-bond acceptors (Lipinski definition) is 2. The molecule has 0 N–H and O–H groups in total. The van der Waals surface area contributed by atoms with E-state index in [9.17, 15) is 0 Å². The van der Waals surface area contributed by atoms with Crippen molar-refractivity contribution in [3.05, 3.63) is 64.7 Å². The van der Waals surface area contributed by atoms with Gasteiger partial charge in [0.15, 0.2) is 0 Å². The molecule has 0 saturated heterocycles. The minimum Gasteiger partial charge on any atom is -0.489 e. The summed E-state index contributed by atoms with van der Waals surface area (Å²) in [5.74, 6) is 0.932. The molecular weight excluding hydrogens is 282 g/mol. The summed E-state index contributed by atoms with van der Waals surface area (Å²) >= 11 is 6.11. The fraction of sp³-hybridized carbons (Fsp3) is 0.333. The van der Waals surface area contributed by atoms with Crippen LogP contribution < -0.4 is 4.74 Å². The lowest BCUT2D eigenvalue weighted by molar-refractivity contribution is 0.302. The van der Waals surface area contributed by atoms with Gasteiger partial charge in [-0.1, -0.05) is 41.9 Å². The Labute approximate surface area is 132 Å². The first-order valence-electron chi connectivity index (χ1n) is 7.25. The number of nitrogens with zero attached hydrogens (tertiary/aromatic N) is 1. The molecule has 112 valence electrons. The van der Waals surface area contributed by atoms with Gasteiger partial charge in [-0.2, -0.15) is 0 Å². The van der Waals surface area contributed by atoms with Gasteiger partial charge in [-0.3, -0.25) is 0 Å². The molecule has 0 unspecified atom stereocenters. The summed E-state index contributed by atoms with van der Waals surface area (Å²) in [4.78, 5) is 2.19. The maximum absolute atomic E-state index is 6.11. The van der Waals surface area contributed by atoms with E-state index in [4.69, 9.17) is 16.3 Å². The first-order chi connectivity index (χ1) is 10.1. The van der Waals surface area contributed by atoms with Gasteiger partial charge >= 0.3 is 0 Å². The second-order valence-corrected chi connectivity index (χ2v) is 5.87. The molecule has 21 heavy (non-hydrogen) atoms. The van der Waals surface area contributed by atoms with Crippen LogP contribution in [-0.2, 0) is 13.0 Å². The largest absolute Gasteiger partial charge is 0.489 e. The molecule has 0 fully saturated rings. The molecule has 0 aromatic heterocycles. The molecular formula is C18H22ClNO. The van der Waals surface area contributed by atoms with Gasteiger partial charge in [-0.05, 0) is 62.8 Å². The van der Waals surface area contributed by atoms with Crippen molar-refractivity contribution >= 4 is 11.6 Å². The lowest BCUT2D eigenvalue weighted by Gasteiger charge is -2.14. The van der Waals surface area contributed by atoms with Gasteiger partial charge < -0.3 is 9.64 Å². The number of ether oxygens (including phenoxy) is 1. The summed E-state index contributed by atoms with van der Waals surface area (Å²) in [5, 5.41) is 0.766. The molecule has 0 radical (unpaired) electrons. The summed E-state index contributed by atoms with van der Waals surface area (Å²) in [6, 6.07) is 16.1. The van der Waals surface area contributed by atoms with Crippen LogP contribution in [0.2, 0.25) is 5.02 Å². The van der Waals surface area contributed by atoms with Crippen LogP contribution in [0.5, 0.6) is 5.75 Å². The van der Waals surface area contributed by atoms with Crippen LogP contribution in [-0.4, -0.2) is 25.5 Å². The highest BCUT2D eigenvalue weighted by atomic mass is 35.5. The molecule has 3 heteroatoms. The van der Waals surface area contributed by atoms with Crippen LogP contribution in [0, 0.1) is 0 Å². The average molecular weight is 304 g/mol. The zero-order valence-electron chi connectivity index (χ0n) is 12.7. The van der Waals surface area contributed by atoms with Crippen molar-refractivity contribution in [2.45, 2.75) is 19.4 Å². The van der Waals surface area contributed by atoms with Crippen LogP contribution in [0.4, 0.5) is 0 Å². The quantitative estimate of drug-likeness (QED) is 0.751. The van der Waals surface area contributed by atoms with Crippen LogP contribution in [0.15, 0.2) is 48.5 Å². The van der Waals surface area contributed by atoms with Crippen molar-refractivity contribution in [3.63, 3.8) is 0 Å². The van der Waals surface area contributed by atoms with E-state index in [-0.39, 0.29) is 0 Å². The number of hydrogen-bond donors (Lipinski definition) is 0. The first-order valence-corrected chi connectivity index (χ1v) is 7.63. The molecule has 0 aliphatic heterocycles. The molecule has 0 heterocycles. The summed E-state index contributed by atoms with van der Waals surface area (Å²) in [5.41, 5.74) is 2.35. The molecule has 0 saturated carbocycles. The van der Waals surface area contributed by atoms with Gasteiger partial charge in [0.2, 0.25) is 0 Å². The molecule has 0 amide bonds. The zero-order chi connectivity index (χ0) is 15.1. The van der Waals surface area contributed by atoms with E-state index in [1.165, 1.54) is 11.1 Å². The van der Waals surface area contributed by atoms with Crippen molar-refractivity contribution in [3.8, 4) is 5.75 Å². The summed E-state index contributed by atoms with van der Waals surface area (Å²) in [6.07, 6.45) is 2.07.